The van der Waals surface area contributed by atoms with E-state index >= 15 is 0 Å². The molecule has 0 saturated carbocycles. The second-order valence-electron chi connectivity index (χ2n) is 8.45. The topological polar surface area (TPSA) is 86.7 Å². The molecule has 0 atom stereocenters. The zero-order valence-electron chi connectivity index (χ0n) is 20.2. The average molecular weight is 485 g/mol. The van der Waals surface area contributed by atoms with E-state index in [1.165, 1.54) is 63.9 Å². The zero-order valence-corrected chi connectivity index (χ0v) is 23.0. The normalized spacial score (nSPS) is 11.2. The number of hydrogen-bond donors (Lipinski definition) is 1. The van der Waals surface area contributed by atoms with Crippen molar-refractivity contribution in [2.24, 2.45) is 0 Å². The van der Waals surface area contributed by atoms with E-state index in [4.69, 9.17) is 4.74 Å². The van der Waals surface area contributed by atoms with Crippen LogP contribution in [0.1, 0.15) is 89.5 Å². The SMILES string of the molecule is CCCCCCCCCCCCCCc1cc(Oc2ccccc2)c([O-])c(S(=O)(=O)O)c1.[Na+]. The molecule has 1 N–H and O–H groups in total. The minimum Gasteiger partial charge on any atom is -0.869 e. The first-order valence-corrected chi connectivity index (χ1v) is 13.4. The third kappa shape index (κ3) is 11.8. The molecule has 0 bridgehead atoms. The molecule has 7 heteroatoms. The Morgan fingerprint density at radius 2 is 1.33 bits per heavy atom. The summed E-state index contributed by atoms with van der Waals surface area (Å²) in [5, 5.41) is 12.5. The van der Waals surface area contributed by atoms with E-state index in [0.717, 1.165) is 19.3 Å². The number of para-hydroxylation sites is 1. The summed E-state index contributed by atoms with van der Waals surface area (Å²) in [7, 11) is -4.62. The Hall–Kier alpha value is -1.05. The van der Waals surface area contributed by atoms with Crippen LogP contribution in [0.5, 0.6) is 17.2 Å². The van der Waals surface area contributed by atoms with Crippen molar-refractivity contribution in [1.82, 2.24) is 0 Å². The van der Waals surface area contributed by atoms with E-state index < -0.39 is 20.8 Å². The number of hydrogen-bond acceptors (Lipinski definition) is 4. The van der Waals surface area contributed by atoms with Gasteiger partial charge < -0.3 is 9.84 Å². The molecular formula is C26H37NaO5S. The second-order valence-corrected chi connectivity index (χ2v) is 9.84. The standard InChI is InChI=1S/C26H38O5S.Na/c1-2-3-4-5-6-7-8-9-10-11-12-14-17-22-20-24(31-23-18-15-13-16-19-23)26(27)25(21-22)32(28,29)30;/h13,15-16,18-21,27H,2-12,14,17H2,1H3,(H,28,29,30);/q;+1/p-1. The van der Waals surface area contributed by atoms with Gasteiger partial charge in [-0.15, -0.1) is 0 Å². The second kappa shape index (κ2) is 16.6. The van der Waals surface area contributed by atoms with Gasteiger partial charge in [0, 0.05) is 0 Å². The van der Waals surface area contributed by atoms with Crippen LogP contribution in [0.4, 0.5) is 0 Å². The van der Waals surface area contributed by atoms with Crippen molar-refractivity contribution in [3.05, 3.63) is 48.0 Å². The molecule has 5 nitrogen and oxygen atoms in total. The quantitative estimate of drug-likeness (QED) is 0.221. The summed E-state index contributed by atoms with van der Waals surface area (Å²) in [6.45, 7) is 2.24. The first kappa shape index (κ1) is 30.0. The van der Waals surface area contributed by atoms with E-state index in [0.29, 0.717) is 17.7 Å². The molecule has 0 aliphatic rings. The molecule has 2 aromatic rings. The molecule has 0 aromatic heterocycles. The summed E-state index contributed by atoms with van der Waals surface area (Å²) < 4.78 is 38.5. The van der Waals surface area contributed by atoms with Gasteiger partial charge in [0.15, 0.2) is 0 Å². The Balaban J connectivity index is 0.00000544. The summed E-state index contributed by atoms with van der Waals surface area (Å²) in [6.07, 6.45) is 15.5. The molecule has 0 aliphatic heterocycles. The molecule has 0 aliphatic carbocycles. The predicted molar refractivity (Wildman–Crippen MR) is 127 cm³/mol. The van der Waals surface area contributed by atoms with Gasteiger partial charge in [-0.05, 0) is 48.4 Å². The third-order valence-electron chi connectivity index (χ3n) is 5.65. The Bertz CT molecular complexity index is 900. The van der Waals surface area contributed by atoms with Crippen molar-refractivity contribution in [3.63, 3.8) is 0 Å². The summed E-state index contributed by atoms with van der Waals surface area (Å²) >= 11 is 0. The molecule has 2 rings (SSSR count). The van der Waals surface area contributed by atoms with E-state index in [1.807, 2.05) is 6.07 Å². The van der Waals surface area contributed by atoms with Crippen molar-refractivity contribution in [3.8, 4) is 17.2 Å². The number of benzene rings is 2. The number of unbranched alkanes of at least 4 members (excludes halogenated alkanes) is 11. The fourth-order valence-electron chi connectivity index (χ4n) is 3.83. The molecule has 0 amide bonds. The summed E-state index contributed by atoms with van der Waals surface area (Å²) in [5.41, 5.74) is 0.676. The van der Waals surface area contributed by atoms with Crippen LogP contribution in [0.3, 0.4) is 0 Å². The molecule has 2 aromatic carbocycles. The van der Waals surface area contributed by atoms with Gasteiger partial charge in [-0.25, -0.2) is 0 Å². The van der Waals surface area contributed by atoms with Gasteiger partial charge >= 0.3 is 29.6 Å². The van der Waals surface area contributed by atoms with Crippen LogP contribution in [0.15, 0.2) is 47.4 Å². The van der Waals surface area contributed by atoms with Crippen LogP contribution in [0.2, 0.25) is 0 Å². The van der Waals surface area contributed by atoms with Crippen LogP contribution in [0, 0.1) is 0 Å². The third-order valence-corrected chi connectivity index (χ3v) is 6.51. The fourth-order valence-corrected chi connectivity index (χ4v) is 4.46. The van der Waals surface area contributed by atoms with Crippen molar-refractivity contribution >= 4 is 10.1 Å². The molecule has 0 heterocycles. The molecule has 0 unspecified atom stereocenters. The van der Waals surface area contributed by atoms with Crippen LogP contribution < -0.4 is 39.4 Å². The molecule has 33 heavy (non-hydrogen) atoms. The zero-order chi connectivity index (χ0) is 23.2. The summed E-state index contributed by atoms with van der Waals surface area (Å²) in [5.74, 6) is -0.469. The fraction of sp³-hybridized carbons (Fsp3) is 0.538. The van der Waals surface area contributed by atoms with Crippen molar-refractivity contribution in [2.75, 3.05) is 0 Å². The van der Waals surface area contributed by atoms with Gasteiger partial charge in [0.25, 0.3) is 10.1 Å². The maximum Gasteiger partial charge on any atom is 1.00 e. The van der Waals surface area contributed by atoms with Crippen molar-refractivity contribution < 1.29 is 52.4 Å². The van der Waals surface area contributed by atoms with Crippen LogP contribution in [-0.4, -0.2) is 13.0 Å². The summed E-state index contributed by atoms with van der Waals surface area (Å²) in [4.78, 5) is -0.625. The summed E-state index contributed by atoms with van der Waals surface area (Å²) in [6, 6.07) is 11.6. The van der Waals surface area contributed by atoms with E-state index in [-0.39, 0.29) is 35.3 Å². The smallest absolute Gasteiger partial charge is 0.869 e. The van der Waals surface area contributed by atoms with Gasteiger partial charge in [-0.2, -0.15) is 8.42 Å². The monoisotopic (exact) mass is 484 g/mol. The van der Waals surface area contributed by atoms with Crippen LogP contribution in [-0.2, 0) is 16.5 Å². The Kier molecular flexibility index (Phi) is 15.0. The Morgan fingerprint density at radius 3 is 1.85 bits per heavy atom. The van der Waals surface area contributed by atoms with Gasteiger partial charge in [0.2, 0.25) is 0 Å². The molecule has 0 radical (unpaired) electrons. The predicted octanol–water partition coefficient (Wildman–Crippen LogP) is 4.05. The maximum atomic E-state index is 12.5. The molecule has 0 spiro atoms. The average Bonchev–Trinajstić information content (AvgIpc) is 2.76. The van der Waals surface area contributed by atoms with Gasteiger partial charge in [0.1, 0.15) is 11.5 Å². The van der Waals surface area contributed by atoms with E-state index in [2.05, 4.69) is 6.92 Å². The van der Waals surface area contributed by atoms with Crippen molar-refractivity contribution in [1.29, 1.82) is 0 Å². The number of ether oxygens (including phenoxy) is 1. The minimum absolute atomic E-state index is 0. The largest absolute Gasteiger partial charge is 1.00 e. The van der Waals surface area contributed by atoms with Crippen LogP contribution in [0.25, 0.3) is 0 Å². The van der Waals surface area contributed by atoms with Gasteiger partial charge in [0.05, 0.1) is 4.90 Å². The van der Waals surface area contributed by atoms with Gasteiger partial charge in [-0.1, -0.05) is 95.8 Å². The van der Waals surface area contributed by atoms with E-state index in [9.17, 15) is 18.1 Å². The van der Waals surface area contributed by atoms with Gasteiger partial charge in [-0.3, -0.25) is 4.55 Å². The van der Waals surface area contributed by atoms with E-state index in [1.54, 1.807) is 30.3 Å². The number of aryl methyl sites for hydroxylation is 1. The van der Waals surface area contributed by atoms with Crippen LogP contribution >= 0.6 is 0 Å². The molecule has 0 saturated heterocycles. The first-order valence-electron chi connectivity index (χ1n) is 12.0. The maximum absolute atomic E-state index is 12.5. The van der Waals surface area contributed by atoms with Crippen molar-refractivity contribution in [2.45, 2.75) is 95.3 Å². The minimum atomic E-state index is -4.62. The Morgan fingerprint density at radius 1 is 0.818 bits per heavy atom. The Labute approximate surface area is 222 Å². The molecule has 178 valence electrons. The first-order chi connectivity index (χ1) is 15.4. The number of rotatable bonds is 16. The molecule has 0 fully saturated rings. The molecular weight excluding hydrogens is 447 g/mol.